The zero-order valence-corrected chi connectivity index (χ0v) is 12.2. The van der Waals surface area contributed by atoms with Crippen LogP contribution in [0.2, 0.25) is 0 Å². The summed E-state index contributed by atoms with van der Waals surface area (Å²) in [5.74, 6) is -1.85. The fourth-order valence-electron chi connectivity index (χ4n) is 2.35. The third-order valence-electron chi connectivity index (χ3n) is 3.34. The fourth-order valence-corrected chi connectivity index (χ4v) is 2.86. The molecular formula is C13H14BrF3N2O. The molecule has 1 heterocycles. The van der Waals surface area contributed by atoms with Crippen LogP contribution in [0.5, 0.6) is 0 Å². The van der Waals surface area contributed by atoms with Gasteiger partial charge in [0.15, 0.2) is 0 Å². The molecule has 3 nitrogen and oxygen atoms in total. The molecule has 1 aliphatic rings. The van der Waals surface area contributed by atoms with Crippen molar-refractivity contribution in [2.45, 2.75) is 19.0 Å². The average molecular weight is 351 g/mol. The van der Waals surface area contributed by atoms with Crippen LogP contribution in [0.4, 0.5) is 18.9 Å². The summed E-state index contributed by atoms with van der Waals surface area (Å²) in [4.78, 5) is 13.5. The molecule has 2 N–H and O–H groups in total. The number of rotatable bonds is 1. The van der Waals surface area contributed by atoms with Gasteiger partial charge < -0.3 is 10.6 Å². The number of halogens is 4. The molecule has 7 heteroatoms. The lowest BCUT2D eigenvalue weighted by Crippen LogP contribution is -2.44. The van der Waals surface area contributed by atoms with Gasteiger partial charge >= 0.3 is 6.18 Å². The van der Waals surface area contributed by atoms with Gasteiger partial charge in [-0.25, -0.2) is 0 Å². The molecule has 20 heavy (non-hydrogen) atoms. The minimum atomic E-state index is -4.25. The lowest BCUT2D eigenvalue weighted by molar-refractivity contribution is -0.184. The SMILES string of the molecule is Nc1cc(Br)cc(C(=O)N2CCCC(C(F)(F)F)C2)c1. The molecule has 0 aromatic heterocycles. The van der Waals surface area contributed by atoms with Crippen molar-refractivity contribution >= 4 is 27.5 Å². The Morgan fingerprint density at radius 1 is 1.35 bits per heavy atom. The summed E-state index contributed by atoms with van der Waals surface area (Å²) in [6, 6.07) is 4.67. The van der Waals surface area contributed by atoms with Crippen molar-refractivity contribution in [2.24, 2.45) is 5.92 Å². The fraction of sp³-hybridized carbons (Fsp3) is 0.462. The number of alkyl halides is 3. The minimum Gasteiger partial charge on any atom is -0.399 e. The summed E-state index contributed by atoms with van der Waals surface area (Å²) in [5.41, 5.74) is 6.34. The molecule has 1 aromatic carbocycles. The molecule has 1 atom stereocenters. The van der Waals surface area contributed by atoms with E-state index in [9.17, 15) is 18.0 Å². The number of nitrogen functional groups attached to an aromatic ring is 1. The lowest BCUT2D eigenvalue weighted by atomic mass is 9.97. The van der Waals surface area contributed by atoms with E-state index in [0.29, 0.717) is 28.7 Å². The molecule has 1 amide bonds. The number of nitrogens with two attached hydrogens (primary N) is 1. The van der Waals surface area contributed by atoms with Crippen LogP contribution in [0.3, 0.4) is 0 Å². The zero-order valence-electron chi connectivity index (χ0n) is 10.6. The Morgan fingerprint density at radius 3 is 2.65 bits per heavy atom. The molecule has 1 unspecified atom stereocenters. The van der Waals surface area contributed by atoms with Gasteiger partial charge in [0.1, 0.15) is 0 Å². The van der Waals surface area contributed by atoms with E-state index < -0.39 is 18.0 Å². The maximum atomic E-state index is 12.7. The van der Waals surface area contributed by atoms with Crippen LogP contribution in [-0.2, 0) is 0 Å². The summed E-state index contributed by atoms with van der Waals surface area (Å²) in [6.45, 7) is 0.0621. The number of hydrogen-bond donors (Lipinski definition) is 1. The summed E-state index contributed by atoms with van der Waals surface area (Å²) in [5, 5.41) is 0. The van der Waals surface area contributed by atoms with E-state index in [4.69, 9.17) is 5.73 Å². The molecule has 0 radical (unpaired) electrons. The van der Waals surface area contributed by atoms with Crippen molar-refractivity contribution < 1.29 is 18.0 Å². The molecule has 1 aromatic rings. The Labute approximate surface area is 123 Å². The third kappa shape index (κ3) is 3.45. The molecule has 0 aliphatic carbocycles. The van der Waals surface area contributed by atoms with E-state index in [1.54, 1.807) is 12.1 Å². The van der Waals surface area contributed by atoms with Gasteiger partial charge in [-0.1, -0.05) is 15.9 Å². The normalized spacial score (nSPS) is 20.0. The number of piperidine rings is 1. The van der Waals surface area contributed by atoms with Gasteiger partial charge in [-0.05, 0) is 31.0 Å². The van der Waals surface area contributed by atoms with Gasteiger partial charge in [0, 0.05) is 28.8 Å². The lowest BCUT2D eigenvalue weighted by Gasteiger charge is -2.33. The minimum absolute atomic E-state index is 0.0773. The van der Waals surface area contributed by atoms with Crippen molar-refractivity contribution in [1.82, 2.24) is 4.90 Å². The number of benzene rings is 1. The summed E-state index contributed by atoms with van der Waals surface area (Å²) in [7, 11) is 0. The van der Waals surface area contributed by atoms with E-state index in [0.717, 1.165) is 0 Å². The van der Waals surface area contributed by atoms with Gasteiger partial charge in [0.2, 0.25) is 0 Å². The number of nitrogens with zero attached hydrogens (tertiary/aromatic N) is 1. The maximum absolute atomic E-state index is 12.7. The van der Waals surface area contributed by atoms with Gasteiger partial charge in [-0.3, -0.25) is 4.79 Å². The molecule has 0 bridgehead atoms. The Morgan fingerprint density at radius 2 is 2.05 bits per heavy atom. The molecule has 0 saturated carbocycles. The first-order valence-electron chi connectivity index (χ1n) is 6.19. The van der Waals surface area contributed by atoms with Crippen LogP contribution >= 0.6 is 15.9 Å². The second-order valence-corrected chi connectivity index (χ2v) is 5.82. The van der Waals surface area contributed by atoms with Gasteiger partial charge in [0.25, 0.3) is 5.91 Å². The van der Waals surface area contributed by atoms with E-state index in [-0.39, 0.29) is 13.0 Å². The zero-order chi connectivity index (χ0) is 14.9. The van der Waals surface area contributed by atoms with Gasteiger partial charge in [-0.2, -0.15) is 13.2 Å². The highest BCUT2D eigenvalue weighted by molar-refractivity contribution is 9.10. The van der Waals surface area contributed by atoms with Crippen LogP contribution in [0.1, 0.15) is 23.2 Å². The predicted octanol–water partition coefficient (Wildman–Crippen LogP) is 3.45. The quantitative estimate of drug-likeness (QED) is 0.788. The highest BCUT2D eigenvalue weighted by Gasteiger charge is 2.42. The molecule has 1 aliphatic heterocycles. The monoisotopic (exact) mass is 350 g/mol. The predicted molar refractivity (Wildman–Crippen MR) is 73.2 cm³/mol. The smallest absolute Gasteiger partial charge is 0.393 e. The van der Waals surface area contributed by atoms with Gasteiger partial charge in [0.05, 0.1) is 5.92 Å². The summed E-state index contributed by atoms with van der Waals surface area (Å²) >= 11 is 3.22. The Hall–Kier alpha value is -1.24. The standard InChI is InChI=1S/C13H14BrF3N2O/c14-10-4-8(5-11(18)6-10)12(20)19-3-1-2-9(7-19)13(15,16)17/h4-6,9H,1-3,7,18H2. The number of carbonyl (C=O) groups is 1. The van der Waals surface area contributed by atoms with E-state index in [1.807, 2.05) is 0 Å². The van der Waals surface area contributed by atoms with Crippen LogP contribution in [0.15, 0.2) is 22.7 Å². The average Bonchev–Trinajstić information content (AvgIpc) is 2.36. The van der Waals surface area contributed by atoms with Crippen LogP contribution < -0.4 is 5.73 Å². The van der Waals surface area contributed by atoms with Crippen LogP contribution in [-0.4, -0.2) is 30.1 Å². The molecule has 110 valence electrons. The summed E-state index contributed by atoms with van der Waals surface area (Å²) < 4.78 is 38.9. The third-order valence-corrected chi connectivity index (χ3v) is 3.80. The Kier molecular flexibility index (Phi) is 4.27. The molecule has 1 saturated heterocycles. The molecule has 2 rings (SSSR count). The van der Waals surface area contributed by atoms with E-state index in [1.165, 1.54) is 11.0 Å². The van der Waals surface area contributed by atoms with Crippen LogP contribution in [0.25, 0.3) is 0 Å². The van der Waals surface area contributed by atoms with E-state index in [2.05, 4.69) is 15.9 Å². The topological polar surface area (TPSA) is 46.3 Å². The maximum Gasteiger partial charge on any atom is 0.393 e. The summed E-state index contributed by atoms with van der Waals surface area (Å²) in [6.07, 6.45) is -3.82. The van der Waals surface area contributed by atoms with E-state index >= 15 is 0 Å². The number of carbonyl (C=O) groups excluding carboxylic acids is 1. The first-order chi connectivity index (χ1) is 9.27. The first kappa shape index (κ1) is 15.2. The van der Waals surface area contributed by atoms with Crippen LogP contribution in [0, 0.1) is 5.92 Å². The number of amides is 1. The Balaban J connectivity index is 2.16. The second kappa shape index (κ2) is 5.63. The molecule has 1 fully saturated rings. The van der Waals surface area contributed by atoms with Crippen molar-refractivity contribution in [3.63, 3.8) is 0 Å². The second-order valence-electron chi connectivity index (χ2n) is 4.91. The van der Waals surface area contributed by atoms with Gasteiger partial charge in [-0.15, -0.1) is 0 Å². The van der Waals surface area contributed by atoms with Crippen molar-refractivity contribution in [3.8, 4) is 0 Å². The number of hydrogen-bond acceptors (Lipinski definition) is 2. The van der Waals surface area contributed by atoms with Crippen molar-refractivity contribution in [3.05, 3.63) is 28.2 Å². The largest absolute Gasteiger partial charge is 0.399 e. The number of anilines is 1. The van der Waals surface area contributed by atoms with Crippen molar-refractivity contribution in [2.75, 3.05) is 18.8 Å². The first-order valence-corrected chi connectivity index (χ1v) is 6.99. The molecular weight excluding hydrogens is 337 g/mol. The molecule has 0 spiro atoms. The number of likely N-dealkylation sites (tertiary alicyclic amines) is 1. The Bertz CT molecular complexity index is 499. The highest BCUT2D eigenvalue weighted by atomic mass is 79.9. The van der Waals surface area contributed by atoms with Crippen molar-refractivity contribution in [1.29, 1.82) is 0 Å². The highest BCUT2D eigenvalue weighted by Crippen LogP contribution is 2.33.